The van der Waals surface area contributed by atoms with Crippen LogP contribution in [0.2, 0.25) is 10.0 Å². The second-order valence-corrected chi connectivity index (χ2v) is 5.22. The predicted octanol–water partition coefficient (Wildman–Crippen LogP) is 3.10. The molecule has 0 aliphatic heterocycles. The average Bonchev–Trinajstić information content (AvgIpc) is 2.84. The molecule has 0 saturated heterocycles. The maximum Gasteiger partial charge on any atom is 0.207 e. The molecule has 20 heavy (non-hydrogen) atoms. The molecule has 0 amide bonds. The summed E-state index contributed by atoms with van der Waals surface area (Å²) < 4.78 is 16.8. The van der Waals surface area contributed by atoms with Crippen molar-refractivity contribution < 1.29 is 4.39 Å². The molecule has 0 aliphatic rings. The van der Waals surface area contributed by atoms with E-state index in [1.165, 1.54) is 12.1 Å². The molecule has 3 aromatic rings. The zero-order valence-electron chi connectivity index (χ0n) is 10.7. The Kier molecular flexibility index (Phi) is 2.88. The first-order chi connectivity index (χ1) is 9.40. The molecule has 8 heteroatoms. The van der Waals surface area contributed by atoms with E-state index in [4.69, 9.17) is 28.9 Å². The minimum atomic E-state index is -0.659. The summed E-state index contributed by atoms with van der Waals surface area (Å²) >= 11 is 11.7. The molecule has 0 atom stereocenters. The molecular weight excluding hydrogens is 304 g/mol. The van der Waals surface area contributed by atoms with Crippen molar-refractivity contribution in [2.24, 2.45) is 7.05 Å². The maximum absolute atomic E-state index is 13.5. The third-order valence-corrected chi connectivity index (χ3v) is 3.61. The highest BCUT2D eigenvalue weighted by atomic mass is 35.5. The van der Waals surface area contributed by atoms with Gasteiger partial charge in [0.2, 0.25) is 5.95 Å². The summed E-state index contributed by atoms with van der Waals surface area (Å²) in [7, 11) is 1.78. The quantitative estimate of drug-likeness (QED) is 0.702. The van der Waals surface area contributed by atoms with Gasteiger partial charge in [0.05, 0.1) is 21.4 Å². The number of nitrogens with two attached hydrogens (primary N) is 1. The molecule has 3 rings (SSSR count). The predicted molar refractivity (Wildman–Crippen MR) is 77.0 cm³/mol. The number of aryl methyl sites for hydroxylation is 2. The van der Waals surface area contributed by atoms with Crippen LogP contribution in [0.1, 0.15) is 5.69 Å². The molecule has 0 radical (unpaired) electrons. The summed E-state index contributed by atoms with van der Waals surface area (Å²) in [6.45, 7) is 1.84. The van der Waals surface area contributed by atoms with Gasteiger partial charge in [-0.15, -0.1) is 0 Å². The van der Waals surface area contributed by atoms with Crippen LogP contribution in [0.4, 0.5) is 10.3 Å². The number of imidazole rings is 1. The van der Waals surface area contributed by atoms with E-state index >= 15 is 0 Å². The Hall–Kier alpha value is -1.79. The highest BCUT2D eigenvalue weighted by Gasteiger charge is 2.18. The molecule has 5 nitrogen and oxygen atoms in total. The molecule has 0 saturated carbocycles. The number of halogens is 3. The molecule has 0 aliphatic carbocycles. The first-order valence-corrected chi connectivity index (χ1v) is 6.48. The Labute approximate surface area is 123 Å². The van der Waals surface area contributed by atoms with Gasteiger partial charge in [0.25, 0.3) is 0 Å². The van der Waals surface area contributed by atoms with Crippen molar-refractivity contribution in [1.82, 2.24) is 19.3 Å². The Balaban J connectivity index is 2.37. The van der Waals surface area contributed by atoms with Gasteiger partial charge in [0, 0.05) is 7.05 Å². The normalized spacial score (nSPS) is 11.4. The summed E-state index contributed by atoms with van der Waals surface area (Å²) in [5.41, 5.74) is 8.60. The van der Waals surface area contributed by atoms with Crippen molar-refractivity contribution in [3.05, 3.63) is 33.7 Å². The maximum atomic E-state index is 13.5. The number of aromatic nitrogens is 4. The molecule has 2 heterocycles. The third-order valence-electron chi connectivity index (χ3n) is 3.06. The zero-order valence-corrected chi connectivity index (χ0v) is 12.2. The SMILES string of the molecule is Cc1nn(C)c2c1nc(N)n2-c1cc(Cl)c(F)c(Cl)c1. The van der Waals surface area contributed by atoms with Gasteiger partial charge in [-0.05, 0) is 19.1 Å². The number of anilines is 1. The van der Waals surface area contributed by atoms with Gasteiger partial charge in [-0.3, -0.25) is 4.57 Å². The van der Waals surface area contributed by atoms with E-state index in [0.29, 0.717) is 16.9 Å². The lowest BCUT2D eigenvalue weighted by Crippen LogP contribution is -2.05. The smallest absolute Gasteiger partial charge is 0.207 e. The van der Waals surface area contributed by atoms with Gasteiger partial charge in [-0.2, -0.15) is 5.10 Å². The number of hydrogen-bond acceptors (Lipinski definition) is 3. The number of rotatable bonds is 1. The highest BCUT2D eigenvalue weighted by Crippen LogP contribution is 2.30. The summed E-state index contributed by atoms with van der Waals surface area (Å²) in [5, 5.41) is 4.13. The van der Waals surface area contributed by atoms with Crippen molar-refractivity contribution in [2.75, 3.05) is 5.73 Å². The van der Waals surface area contributed by atoms with Crippen LogP contribution < -0.4 is 5.73 Å². The highest BCUT2D eigenvalue weighted by molar-refractivity contribution is 6.35. The van der Waals surface area contributed by atoms with Gasteiger partial charge in [0.15, 0.2) is 11.5 Å². The third kappa shape index (κ3) is 1.76. The lowest BCUT2D eigenvalue weighted by atomic mass is 10.3. The van der Waals surface area contributed by atoms with Crippen molar-refractivity contribution >= 4 is 40.3 Å². The standard InChI is InChI=1S/C12H10Cl2FN5/c1-5-10-11(19(2)18-5)20(12(16)17-10)6-3-7(13)9(15)8(14)4-6/h3-4H,1-2H3,(H2,16,17). The minimum Gasteiger partial charge on any atom is -0.369 e. The van der Waals surface area contributed by atoms with E-state index in [1.54, 1.807) is 16.3 Å². The number of nitrogens with zero attached hydrogens (tertiary/aromatic N) is 4. The Bertz CT molecular complexity index is 813. The lowest BCUT2D eigenvalue weighted by Gasteiger charge is -2.09. The Morgan fingerprint density at radius 3 is 2.45 bits per heavy atom. The van der Waals surface area contributed by atoms with Crippen molar-refractivity contribution in [3.8, 4) is 5.69 Å². The molecule has 104 valence electrons. The van der Waals surface area contributed by atoms with E-state index in [9.17, 15) is 4.39 Å². The molecule has 2 aromatic heterocycles. The second kappa shape index (κ2) is 4.36. The minimum absolute atomic E-state index is 0.0763. The van der Waals surface area contributed by atoms with Crippen molar-refractivity contribution in [2.45, 2.75) is 6.92 Å². The molecule has 0 unspecified atom stereocenters. The average molecular weight is 314 g/mol. The van der Waals surface area contributed by atoms with Crippen LogP contribution in [0.25, 0.3) is 16.9 Å². The van der Waals surface area contributed by atoms with Crippen LogP contribution in [0.3, 0.4) is 0 Å². The van der Waals surface area contributed by atoms with Gasteiger partial charge in [-0.1, -0.05) is 23.2 Å². The largest absolute Gasteiger partial charge is 0.369 e. The fourth-order valence-electron chi connectivity index (χ4n) is 2.22. The number of hydrogen-bond donors (Lipinski definition) is 1. The Morgan fingerprint density at radius 1 is 1.25 bits per heavy atom. The van der Waals surface area contributed by atoms with Gasteiger partial charge < -0.3 is 5.73 Å². The summed E-state index contributed by atoms with van der Waals surface area (Å²) in [6, 6.07) is 2.89. The molecule has 1 aromatic carbocycles. The monoisotopic (exact) mass is 313 g/mol. The van der Waals surface area contributed by atoms with E-state index in [0.717, 1.165) is 5.69 Å². The van der Waals surface area contributed by atoms with Crippen LogP contribution in [-0.2, 0) is 7.05 Å². The van der Waals surface area contributed by atoms with Crippen molar-refractivity contribution in [3.63, 3.8) is 0 Å². The summed E-state index contributed by atoms with van der Waals surface area (Å²) in [6.07, 6.45) is 0. The second-order valence-electron chi connectivity index (χ2n) is 4.41. The van der Waals surface area contributed by atoms with E-state index in [-0.39, 0.29) is 16.0 Å². The van der Waals surface area contributed by atoms with Gasteiger partial charge in [-0.25, -0.2) is 14.1 Å². The zero-order chi connectivity index (χ0) is 14.6. The van der Waals surface area contributed by atoms with Crippen LogP contribution >= 0.6 is 23.2 Å². The van der Waals surface area contributed by atoms with E-state index < -0.39 is 5.82 Å². The lowest BCUT2D eigenvalue weighted by molar-refractivity contribution is 0.628. The number of fused-ring (bicyclic) bond motifs is 1. The molecule has 0 fully saturated rings. The van der Waals surface area contributed by atoms with Crippen LogP contribution in [0.5, 0.6) is 0 Å². The van der Waals surface area contributed by atoms with Gasteiger partial charge in [0.1, 0.15) is 5.52 Å². The van der Waals surface area contributed by atoms with Crippen LogP contribution in [-0.4, -0.2) is 19.3 Å². The fourth-order valence-corrected chi connectivity index (χ4v) is 2.69. The molecular formula is C12H10Cl2FN5. The Morgan fingerprint density at radius 2 is 1.85 bits per heavy atom. The van der Waals surface area contributed by atoms with Crippen LogP contribution in [0.15, 0.2) is 12.1 Å². The summed E-state index contributed by atoms with van der Waals surface area (Å²) in [4.78, 5) is 4.27. The molecule has 2 N–H and O–H groups in total. The fraction of sp³-hybridized carbons (Fsp3) is 0.167. The van der Waals surface area contributed by atoms with Crippen LogP contribution in [0, 0.1) is 12.7 Å². The van der Waals surface area contributed by atoms with Gasteiger partial charge >= 0.3 is 0 Å². The topological polar surface area (TPSA) is 61.7 Å². The van der Waals surface area contributed by atoms with E-state index in [1.807, 2.05) is 6.92 Å². The number of nitrogen functional groups attached to an aromatic ring is 1. The summed E-state index contributed by atoms with van der Waals surface area (Å²) in [5.74, 6) is -0.400. The first-order valence-electron chi connectivity index (χ1n) is 5.72. The molecule has 0 spiro atoms. The first kappa shape index (κ1) is 13.2. The van der Waals surface area contributed by atoms with Crippen molar-refractivity contribution in [1.29, 1.82) is 0 Å². The number of benzene rings is 1. The van der Waals surface area contributed by atoms with E-state index in [2.05, 4.69) is 10.1 Å². The molecule has 0 bridgehead atoms.